The molecule has 0 fully saturated rings. The van der Waals surface area contributed by atoms with E-state index < -0.39 is 12.2 Å². The van der Waals surface area contributed by atoms with E-state index in [1.807, 2.05) is 24.3 Å². The van der Waals surface area contributed by atoms with Crippen molar-refractivity contribution in [2.24, 2.45) is 0 Å². The number of rotatable bonds is 2. The number of aliphatic hydroxyl groups is 2. The molecule has 0 saturated carbocycles. The van der Waals surface area contributed by atoms with Gasteiger partial charge in [0.05, 0.1) is 25.8 Å². The molecule has 1 aromatic carbocycles. The number of amides is 2. The smallest absolute Gasteiger partial charge is 0.242 e. The summed E-state index contributed by atoms with van der Waals surface area (Å²) in [4.78, 5) is 25.0. The minimum atomic E-state index is -1.01. The van der Waals surface area contributed by atoms with Crippen molar-refractivity contribution in [2.75, 3.05) is 39.5 Å². The fourth-order valence-corrected chi connectivity index (χ4v) is 2.95. The molecule has 3 N–H and O–H groups in total. The highest BCUT2D eigenvalue weighted by atomic mass is 16.5. The number of carbonyl (C=O) groups is 2. The Kier molecular flexibility index (Phi) is 9.19. The molecule has 0 radical (unpaired) electrons. The number of fused-ring (bicyclic) bond motifs is 1. The lowest BCUT2D eigenvalue weighted by Crippen LogP contribution is -2.43. The number of hydrogen-bond acceptors (Lipinski definition) is 6. The maximum absolute atomic E-state index is 12.4. The highest BCUT2D eigenvalue weighted by Gasteiger charge is 2.21. The lowest BCUT2D eigenvalue weighted by Gasteiger charge is -2.25. The first-order chi connectivity index (χ1) is 13.5. The minimum Gasteiger partial charge on any atom is -0.491 e. The fourth-order valence-electron chi connectivity index (χ4n) is 2.95. The monoisotopic (exact) mass is 394 g/mol. The van der Waals surface area contributed by atoms with Gasteiger partial charge in [-0.2, -0.15) is 0 Å². The number of para-hydroxylation sites is 1. The van der Waals surface area contributed by atoms with E-state index in [2.05, 4.69) is 5.32 Å². The second-order valence-corrected chi connectivity index (χ2v) is 6.85. The van der Waals surface area contributed by atoms with E-state index in [1.165, 1.54) is 11.8 Å². The molecule has 1 aromatic rings. The Morgan fingerprint density at radius 1 is 1.18 bits per heavy atom. The van der Waals surface area contributed by atoms with Crippen molar-refractivity contribution in [2.45, 2.75) is 38.4 Å². The van der Waals surface area contributed by atoms with Gasteiger partial charge in [0.25, 0.3) is 0 Å². The number of ether oxygens (including phenoxy) is 2. The third kappa shape index (κ3) is 7.46. The maximum Gasteiger partial charge on any atom is 0.242 e. The van der Waals surface area contributed by atoms with E-state index in [9.17, 15) is 19.8 Å². The average molecular weight is 394 g/mol. The molecular formula is C20H30N2O6. The van der Waals surface area contributed by atoms with Crippen molar-refractivity contribution in [1.82, 2.24) is 10.2 Å². The Morgan fingerprint density at radius 3 is 2.75 bits per heavy atom. The van der Waals surface area contributed by atoms with Crippen LogP contribution in [0.3, 0.4) is 0 Å². The third-order valence-corrected chi connectivity index (χ3v) is 4.59. The van der Waals surface area contributed by atoms with E-state index in [4.69, 9.17) is 9.47 Å². The second kappa shape index (κ2) is 11.6. The fraction of sp³-hybridized carbons (Fsp3) is 0.600. The summed E-state index contributed by atoms with van der Waals surface area (Å²) in [5.74, 6) is 0.213. The number of aliphatic hydroxyl groups excluding tert-OH is 2. The zero-order valence-corrected chi connectivity index (χ0v) is 16.3. The highest BCUT2D eigenvalue weighted by molar-refractivity contribution is 5.83. The van der Waals surface area contributed by atoms with Crippen LogP contribution >= 0.6 is 0 Å². The van der Waals surface area contributed by atoms with E-state index in [0.29, 0.717) is 13.2 Å². The quantitative estimate of drug-likeness (QED) is 0.657. The number of benzene rings is 1. The lowest BCUT2D eigenvalue weighted by atomic mass is 10.1. The van der Waals surface area contributed by atoms with Crippen LogP contribution in [0.15, 0.2) is 24.3 Å². The van der Waals surface area contributed by atoms with Gasteiger partial charge in [0.15, 0.2) is 0 Å². The normalized spacial score (nSPS) is 22.2. The van der Waals surface area contributed by atoms with E-state index in [-0.39, 0.29) is 44.5 Å². The molecule has 8 heteroatoms. The van der Waals surface area contributed by atoms with Gasteiger partial charge in [-0.05, 0) is 30.9 Å². The molecule has 2 rings (SSSR count). The Hall–Kier alpha value is -2.16. The summed E-state index contributed by atoms with van der Waals surface area (Å²) in [5, 5.41) is 22.7. The molecule has 1 aliphatic rings. The number of nitrogens with zero attached hydrogens (tertiary/aromatic N) is 1. The summed E-state index contributed by atoms with van der Waals surface area (Å²) in [6.07, 6.45) is -0.280. The van der Waals surface area contributed by atoms with Crippen LogP contribution in [0, 0.1) is 0 Å². The van der Waals surface area contributed by atoms with Crippen LogP contribution in [0.4, 0.5) is 0 Å². The molecule has 0 aromatic heterocycles. The largest absolute Gasteiger partial charge is 0.491 e. The first-order valence-electron chi connectivity index (χ1n) is 9.64. The van der Waals surface area contributed by atoms with Gasteiger partial charge in [-0.25, -0.2) is 0 Å². The van der Waals surface area contributed by atoms with Crippen molar-refractivity contribution in [1.29, 1.82) is 0 Å². The number of nitrogens with one attached hydrogen (secondary N) is 1. The van der Waals surface area contributed by atoms with Crippen molar-refractivity contribution in [3.63, 3.8) is 0 Å². The Balaban J connectivity index is 2.07. The predicted octanol–water partition coefficient (Wildman–Crippen LogP) is 0.105. The van der Waals surface area contributed by atoms with Crippen molar-refractivity contribution >= 4 is 11.8 Å². The Labute approximate surface area is 165 Å². The van der Waals surface area contributed by atoms with Crippen LogP contribution in [-0.2, 0) is 20.7 Å². The third-order valence-electron chi connectivity index (χ3n) is 4.59. The summed E-state index contributed by atoms with van der Waals surface area (Å²) in [7, 11) is 0. The lowest BCUT2D eigenvalue weighted by molar-refractivity contribution is -0.133. The van der Waals surface area contributed by atoms with Crippen molar-refractivity contribution in [3.05, 3.63) is 29.8 Å². The van der Waals surface area contributed by atoms with Gasteiger partial charge in [0.2, 0.25) is 11.8 Å². The summed E-state index contributed by atoms with van der Waals surface area (Å²) < 4.78 is 11.4. The molecular weight excluding hydrogens is 364 g/mol. The summed E-state index contributed by atoms with van der Waals surface area (Å²) in [6.45, 7) is 2.58. The molecule has 0 saturated heterocycles. The Morgan fingerprint density at radius 2 is 1.96 bits per heavy atom. The highest BCUT2D eigenvalue weighted by Crippen LogP contribution is 2.20. The van der Waals surface area contributed by atoms with Crippen LogP contribution in [0.5, 0.6) is 5.75 Å². The van der Waals surface area contributed by atoms with Gasteiger partial charge in [-0.3, -0.25) is 9.59 Å². The second-order valence-electron chi connectivity index (χ2n) is 6.85. The predicted molar refractivity (Wildman–Crippen MR) is 103 cm³/mol. The molecule has 1 aliphatic heterocycles. The van der Waals surface area contributed by atoms with Gasteiger partial charge in [-0.15, -0.1) is 0 Å². The number of aryl methyl sites for hydroxylation is 1. The van der Waals surface area contributed by atoms with Gasteiger partial charge < -0.3 is 29.9 Å². The zero-order valence-electron chi connectivity index (χ0n) is 16.3. The zero-order chi connectivity index (χ0) is 20.4. The van der Waals surface area contributed by atoms with Gasteiger partial charge in [-0.1, -0.05) is 18.2 Å². The van der Waals surface area contributed by atoms with Gasteiger partial charge >= 0.3 is 0 Å². The SMILES string of the molecule is CC(=O)NCC(=O)N1CCOc2ccccc2CCCOC[C@@H](O)[C@@H](O)CC1. The van der Waals surface area contributed by atoms with E-state index >= 15 is 0 Å². The molecule has 156 valence electrons. The van der Waals surface area contributed by atoms with Crippen LogP contribution in [0.1, 0.15) is 25.3 Å². The summed E-state index contributed by atoms with van der Waals surface area (Å²) in [5.41, 5.74) is 1.05. The van der Waals surface area contributed by atoms with Crippen LogP contribution < -0.4 is 10.1 Å². The average Bonchev–Trinajstić information content (AvgIpc) is 2.68. The molecule has 28 heavy (non-hydrogen) atoms. The van der Waals surface area contributed by atoms with Gasteiger partial charge in [0.1, 0.15) is 18.5 Å². The van der Waals surface area contributed by atoms with Crippen LogP contribution in [0.2, 0.25) is 0 Å². The molecule has 0 unspecified atom stereocenters. The first kappa shape index (κ1) is 22.1. The molecule has 2 atom stereocenters. The molecule has 8 nitrogen and oxygen atoms in total. The van der Waals surface area contributed by atoms with Crippen molar-refractivity contribution in [3.8, 4) is 5.75 Å². The topological polar surface area (TPSA) is 108 Å². The number of hydrogen-bond donors (Lipinski definition) is 3. The maximum atomic E-state index is 12.4. The summed E-state index contributed by atoms with van der Waals surface area (Å²) >= 11 is 0. The van der Waals surface area contributed by atoms with Crippen LogP contribution in [0.25, 0.3) is 0 Å². The first-order valence-corrected chi connectivity index (χ1v) is 9.64. The summed E-state index contributed by atoms with van der Waals surface area (Å²) in [6, 6.07) is 7.73. The van der Waals surface area contributed by atoms with Gasteiger partial charge in [0, 0.05) is 20.1 Å². The molecule has 0 bridgehead atoms. The molecule has 0 aliphatic carbocycles. The standard InChI is InChI=1S/C20H30N2O6/c1-15(23)21-13-20(26)22-9-8-17(24)18(25)14-27-11-4-6-16-5-2-3-7-19(16)28-12-10-22/h2-3,5,7,17-18,24-25H,4,6,8-14H2,1H3,(H,21,23)/t17-,18+/m0/s1. The molecule has 0 spiro atoms. The van der Waals surface area contributed by atoms with E-state index in [0.717, 1.165) is 24.2 Å². The minimum absolute atomic E-state index is 0.0408. The van der Waals surface area contributed by atoms with E-state index in [1.54, 1.807) is 0 Å². The Bertz CT molecular complexity index is 639. The van der Waals surface area contributed by atoms with Crippen molar-refractivity contribution < 1.29 is 29.3 Å². The molecule has 2 amide bonds. The van der Waals surface area contributed by atoms with Crippen LogP contribution in [-0.4, -0.2) is 78.6 Å². The molecule has 1 heterocycles. The number of carbonyl (C=O) groups excluding carboxylic acids is 2.